The normalized spacial score (nSPS) is 16.7. The van der Waals surface area contributed by atoms with Gasteiger partial charge in [0.05, 0.1) is 0 Å². The van der Waals surface area contributed by atoms with Crippen LogP contribution in [0.25, 0.3) is 0 Å². The van der Waals surface area contributed by atoms with Crippen molar-refractivity contribution in [3.8, 4) is 0 Å². The summed E-state index contributed by atoms with van der Waals surface area (Å²) in [6.45, 7) is 16.2. The Morgan fingerprint density at radius 2 is 1.68 bits per heavy atom. The lowest BCUT2D eigenvalue weighted by Crippen LogP contribution is -2.45. The minimum Gasteiger partial charge on any atom is -0.373 e. The van der Waals surface area contributed by atoms with Crippen LogP contribution in [-0.4, -0.2) is 68.1 Å². The van der Waals surface area contributed by atoms with Crippen LogP contribution in [0.2, 0.25) is 0 Å². The molecule has 1 aliphatic rings. The van der Waals surface area contributed by atoms with Gasteiger partial charge in [0, 0.05) is 31.9 Å². The first-order chi connectivity index (χ1) is 10.5. The highest BCUT2D eigenvalue weighted by Crippen LogP contribution is 2.15. The van der Waals surface area contributed by atoms with E-state index in [1.807, 2.05) is 0 Å². The fraction of sp³-hybridized carbons (Fsp3) is 0.895. The van der Waals surface area contributed by atoms with Crippen LogP contribution < -0.4 is 0 Å². The topological polar surface area (TPSA) is 9.72 Å². The molecule has 0 spiro atoms. The van der Waals surface area contributed by atoms with E-state index in [4.69, 9.17) is 0 Å². The van der Waals surface area contributed by atoms with Gasteiger partial charge in [-0.2, -0.15) is 0 Å². The molecule has 0 saturated carbocycles. The van der Waals surface area contributed by atoms with Gasteiger partial charge in [0.1, 0.15) is 0 Å². The number of hydrogen-bond donors (Lipinski definition) is 0. The van der Waals surface area contributed by atoms with Crippen LogP contribution in [0.1, 0.15) is 52.4 Å². The Kier molecular flexibility index (Phi) is 9.81. The molecule has 0 radical (unpaired) electrons. The van der Waals surface area contributed by atoms with Gasteiger partial charge in [-0.25, -0.2) is 0 Å². The van der Waals surface area contributed by atoms with Crippen LogP contribution in [0.4, 0.5) is 0 Å². The fourth-order valence-electron chi connectivity index (χ4n) is 3.10. The molecular weight excluding hydrogens is 270 g/mol. The van der Waals surface area contributed by atoms with Crippen LogP contribution >= 0.6 is 0 Å². The molecule has 0 amide bonds. The van der Waals surface area contributed by atoms with E-state index >= 15 is 0 Å². The van der Waals surface area contributed by atoms with Crippen molar-refractivity contribution in [2.75, 3.05) is 53.4 Å². The van der Waals surface area contributed by atoms with Crippen molar-refractivity contribution in [1.82, 2.24) is 14.7 Å². The summed E-state index contributed by atoms with van der Waals surface area (Å²) >= 11 is 0. The van der Waals surface area contributed by atoms with Crippen molar-refractivity contribution in [2.45, 2.75) is 52.4 Å². The first-order valence-corrected chi connectivity index (χ1v) is 9.29. The fourth-order valence-corrected chi connectivity index (χ4v) is 3.10. The predicted molar refractivity (Wildman–Crippen MR) is 98.2 cm³/mol. The molecule has 1 fully saturated rings. The van der Waals surface area contributed by atoms with Crippen LogP contribution in [0.5, 0.6) is 0 Å². The first-order valence-electron chi connectivity index (χ1n) is 9.29. The van der Waals surface area contributed by atoms with Gasteiger partial charge in [-0.15, -0.1) is 0 Å². The highest BCUT2D eigenvalue weighted by atomic mass is 15.3. The number of allylic oxidation sites excluding steroid dienone is 1. The largest absolute Gasteiger partial charge is 0.373 e. The summed E-state index contributed by atoms with van der Waals surface area (Å²) in [5, 5.41) is 0. The Bertz CT molecular complexity index is 291. The molecule has 0 aliphatic carbocycles. The Morgan fingerprint density at radius 3 is 2.27 bits per heavy atom. The van der Waals surface area contributed by atoms with Gasteiger partial charge in [-0.3, -0.25) is 4.90 Å². The highest BCUT2D eigenvalue weighted by molar-refractivity contribution is 4.96. The summed E-state index contributed by atoms with van der Waals surface area (Å²) in [6, 6.07) is 0. The SMILES string of the molecule is C=C(CCCCCN(C)C)N1CCN(CCCC(C)C)CC1. The summed E-state index contributed by atoms with van der Waals surface area (Å²) in [5.41, 5.74) is 1.37. The molecule has 1 heterocycles. The molecule has 3 heteroatoms. The molecule has 0 aromatic heterocycles. The number of hydrogen-bond acceptors (Lipinski definition) is 3. The van der Waals surface area contributed by atoms with Gasteiger partial charge in [0.15, 0.2) is 0 Å². The number of nitrogens with zero attached hydrogens (tertiary/aromatic N) is 3. The number of piperazine rings is 1. The van der Waals surface area contributed by atoms with Gasteiger partial charge < -0.3 is 9.80 Å². The lowest BCUT2D eigenvalue weighted by molar-refractivity contribution is 0.152. The Hall–Kier alpha value is -0.540. The number of rotatable bonds is 11. The molecule has 3 nitrogen and oxygen atoms in total. The minimum absolute atomic E-state index is 0.841. The maximum Gasteiger partial charge on any atom is 0.0303 e. The molecule has 0 bridgehead atoms. The smallest absolute Gasteiger partial charge is 0.0303 e. The van der Waals surface area contributed by atoms with Crippen LogP contribution in [0.3, 0.4) is 0 Å². The second-order valence-electron chi connectivity index (χ2n) is 7.54. The molecule has 22 heavy (non-hydrogen) atoms. The van der Waals surface area contributed by atoms with Crippen molar-refractivity contribution in [3.05, 3.63) is 12.3 Å². The van der Waals surface area contributed by atoms with E-state index in [-0.39, 0.29) is 0 Å². The predicted octanol–water partition coefficient (Wildman–Crippen LogP) is 3.68. The van der Waals surface area contributed by atoms with Gasteiger partial charge in [-0.1, -0.05) is 26.8 Å². The van der Waals surface area contributed by atoms with Gasteiger partial charge >= 0.3 is 0 Å². The molecule has 1 saturated heterocycles. The monoisotopic (exact) mass is 309 g/mol. The zero-order valence-electron chi connectivity index (χ0n) is 15.6. The summed E-state index contributed by atoms with van der Waals surface area (Å²) in [7, 11) is 4.30. The average molecular weight is 310 g/mol. The van der Waals surface area contributed by atoms with E-state index < -0.39 is 0 Å². The lowest BCUT2D eigenvalue weighted by Gasteiger charge is -2.37. The maximum absolute atomic E-state index is 4.32. The van der Waals surface area contributed by atoms with Crippen molar-refractivity contribution < 1.29 is 0 Å². The summed E-state index contributed by atoms with van der Waals surface area (Å²) in [4.78, 5) is 7.42. The highest BCUT2D eigenvalue weighted by Gasteiger charge is 2.17. The van der Waals surface area contributed by atoms with Crippen molar-refractivity contribution in [2.24, 2.45) is 5.92 Å². The van der Waals surface area contributed by atoms with Crippen LogP contribution in [0, 0.1) is 5.92 Å². The van der Waals surface area contributed by atoms with Gasteiger partial charge in [0.2, 0.25) is 0 Å². The van der Waals surface area contributed by atoms with E-state index in [2.05, 4.69) is 49.2 Å². The van der Waals surface area contributed by atoms with Gasteiger partial charge in [0.25, 0.3) is 0 Å². The molecule has 1 aliphatic heterocycles. The zero-order chi connectivity index (χ0) is 16.4. The van der Waals surface area contributed by atoms with E-state index in [0.29, 0.717) is 0 Å². The third kappa shape index (κ3) is 8.79. The summed E-state index contributed by atoms with van der Waals surface area (Å²) in [5.74, 6) is 0.841. The molecule has 0 N–H and O–H groups in total. The van der Waals surface area contributed by atoms with Crippen LogP contribution in [-0.2, 0) is 0 Å². The number of unbranched alkanes of at least 4 members (excludes halogenated alkanes) is 2. The van der Waals surface area contributed by atoms with E-state index in [1.165, 1.54) is 83.5 Å². The Labute approximate surface area is 139 Å². The van der Waals surface area contributed by atoms with E-state index in [9.17, 15) is 0 Å². The standard InChI is InChI=1S/C19H39N3/c1-18(2)10-9-13-21-14-16-22(17-15-21)19(3)11-7-6-8-12-20(4)5/h18H,3,6-17H2,1-2,4-5H3. The van der Waals surface area contributed by atoms with Crippen molar-refractivity contribution in [3.63, 3.8) is 0 Å². The zero-order valence-corrected chi connectivity index (χ0v) is 15.6. The quantitative estimate of drug-likeness (QED) is 0.539. The second kappa shape index (κ2) is 11.1. The molecule has 130 valence electrons. The van der Waals surface area contributed by atoms with Crippen molar-refractivity contribution >= 4 is 0 Å². The van der Waals surface area contributed by atoms with E-state index in [0.717, 1.165) is 5.92 Å². The first kappa shape index (κ1) is 19.5. The minimum atomic E-state index is 0.841. The Morgan fingerprint density at radius 1 is 1.00 bits per heavy atom. The molecule has 0 unspecified atom stereocenters. The Balaban J connectivity index is 2.07. The molecule has 1 rings (SSSR count). The van der Waals surface area contributed by atoms with Crippen LogP contribution in [0.15, 0.2) is 12.3 Å². The molecule has 0 aromatic carbocycles. The molecule has 0 aromatic rings. The third-order valence-corrected chi connectivity index (χ3v) is 4.65. The molecular formula is C19H39N3. The summed E-state index contributed by atoms with van der Waals surface area (Å²) < 4.78 is 0. The average Bonchev–Trinajstić information content (AvgIpc) is 2.46. The van der Waals surface area contributed by atoms with Gasteiger partial charge in [-0.05, 0) is 65.2 Å². The van der Waals surface area contributed by atoms with E-state index in [1.54, 1.807) is 0 Å². The van der Waals surface area contributed by atoms with Crippen molar-refractivity contribution in [1.29, 1.82) is 0 Å². The lowest BCUT2D eigenvalue weighted by atomic mass is 10.1. The molecule has 0 atom stereocenters. The maximum atomic E-state index is 4.32. The summed E-state index contributed by atoms with van der Waals surface area (Å²) in [6.07, 6.45) is 7.82. The third-order valence-electron chi connectivity index (χ3n) is 4.65. The second-order valence-corrected chi connectivity index (χ2v) is 7.54.